The smallest absolute Gasteiger partial charge is 0.349 e. The predicted octanol–water partition coefficient (Wildman–Crippen LogP) is 1.88. The number of hydrogen-bond acceptors (Lipinski definition) is 6. The molecule has 0 saturated carbocycles. The lowest BCUT2D eigenvalue weighted by Crippen LogP contribution is -2.38. The van der Waals surface area contributed by atoms with E-state index in [1.54, 1.807) is 23.1 Å². The summed E-state index contributed by atoms with van der Waals surface area (Å²) in [6, 6.07) is 6.89. The van der Waals surface area contributed by atoms with Gasteiger partial charge in [0.2, 0.25) is 6.79 Å². The van der Waals surface area contributed by atoms with Crippen molar-refractivity contribution in [2.24, 2.45) is 0 Å². The van der Waals surface area contributed by atoms with Gasteiger partial charge in [0.25, 0.3) is 5.91 Å². The third-order valence-electron chi connectivity index (χ3n) is 4.08. The Bertz CT molecular complexity index is 744. The zero-order chi connectivity index (χ0) is 17.6. The molecule has 0 N–H and O–H groups in total. The molecule has 0 unspecified atom stereocenters. The van der Waals surface area contributed by atoms with Crippen LogP contribution in [-0.4, -0.2) is 43.3 Å². The fraction of sp³-hybridized carbons (Fsp3) is 0.389. The van der Waals surface area contributed by atoms with Crippen LogP contribution in [0.5, 0.6) is 11.5 Å². The zero-order valence-electron chi connectivity index (χ0n) is 13.7. The van der Waals surface area contributed by atoms with Crippen molar-refractivity contribution in [2.45, 2.75) is 19.3 Å². The van der Waals surface area contributed by atoms with Gasteiger partial charge in [0.15, 0.2) is 18.1 Å². The number of esters is 1. The SMILES string of the molecule is N#C/C(=C\c1ccc2c(c1)OCO2)C(=O)OCC(=O)N1CCCCC1. The highest BCUT2D eigenvalue weighted by Gasteiger charge is 2.20. The minimum absolute atomic E-state index is 0.147. The molecule has 1 saturated heterocycles. The van der Waals surface area contributed by atoms with Crippen molar-refractivity contribution in [1.82, 2.24) is 4.90 Å². The van der Waals surface area contributed by atoms with E-state index in [0.29, 0.717) is 30.2 Å². The highest BCUT2D eigenvalue weighted by atomic mass is 16.7. The van der Waals surface area contributed by atoms with E-state index in [0.717, 1.165) is 19.3 Å². The molecule has 2 aliphatic heterocycles. The van der Waals surface area contributed by atoms with Crippen LogP contribution in [0.4, 0.5) is 0 Å². The summed E-state index contributed by atoms with van der Waals surface area (Å²) in [6.45, 7) is 1.18. The number of ether oxygens (including phenoxy) is 3. The van der Waals surface area contributed by atoms with Crippen LogP contribution in [0.25, 0.3) is 6.08 Å². The molecule has 130 valence electrons. The number of fused-ring (bicyclic) bond motifs is 1. The number of hydrogen-bond donors (Lipinski definition) is 0. The van der Waals surface area contributed by atoms with Gasteiger partial charge in [-0.05, 0) is 43.0 Å². The van der Waals surface area contributed by atoms with Crippen LogP contribution in [0.1, 0.15) is 24.8 Å². The minimum Gasteiger partial charge on any atom is -0.454 e. The van der Waals surface area contributed by atoms with Gasteiger partial charge in [-0.3, -0.25) is 4.79 Å². The fourth-order valence-electron chi connectivity index (χ4n) is 2.75. The first-order valence-corrected chi connectivity index (χ1v) is 8.14. The van der Waals surface area contributed by atoms with Gasteiger partial charge >= 0.3 is 5.97 Å². The van der Waals surface area contributed by atoms with Crippen LogP contribution in [-0.2, 0) is 14.3 Å². The molecule has 2 heterocycles. The quantitative estimate of drug-likeness (QED) is 0.471. The molecule has 0 atom stereocenters. The Balaban J connectivity index is 1.61. The Morgan fingerprint density at radius 3 is 2.72 bits per heavy atom. The zero-order valence-corrected chi connectivity index (χ0v) is 13.7. The number of carbonyl (C=O) groups excluding carboxylic acids is 2. The number of rotatable bonds is 4. The topological polar surface area (TPSA) is 88.9 Å². The van der Waals surface area contributed by atoms with Gasteiger partial charge in [0.1, 0.15) is 11.6 Å². The predicted molar refractivity (Wildman–Crippen MR) is 87.5 cm³/mol. The second-order valence-electron chi connectivity index (χ2n) is 5.80. The van der Waals surface area contributed by atoms with Crippen molar-refractivity contribution in [3.8, 4) is 17.6 Å². The highest BCUT2D eigenvalue weighted by molar-refractivity contribution is 5.98. The van der Waals surface area contributed by atoms with Crippen molar-refractivity contribution < 1.29 is 23.8 Å². The number of piperidine rings is 1. The number of nitriles is 1. The molecule has 1 aromatic carbocycles. The Kier molecular flexibility index (Phi) is 5.19. The fourth-order valence-corrected chi connectivity index (χ4v) is 2.75. The first-order valence-electron chi connectivity index (χ1n) is 8.14. The van der Waals surface area contributed by atoms with Crippen molar-refractivity contribution in [3.63, 3.8) is 0 Å². The van der Waals surface area contributed by atoms with E-state index in [1.807, 2.05) is 6.07 Å². The number of likely N-dealkylation sites (tertiary alicyclic amines) is 1. The molecule has 25 heavy (non-hydrogen) atoms. The van der Waals surface area contributed by atoms with Crippen molar-refractivity contribution in [2.75, 3.05) is 26.5 Å². The standard InChI is InChI=1S/C18H18N2O5/c19-10-14(8-13-4-5-15-16(9-13)25-12-24-15)18(22)23-11-17(21)20-6-2-1-3-7-20/h4-5,8-9H,1-3,6-7,11-12H2/b14-8+. The highest BCUT2D eigenvalue weighted by Crippen LogP contribution is 2.33. The summed E-state index contributed by atoms with van der Waals surface area (Å²) in [4.78, 5) is 25.8. The van der Waals surface area contributed by atoms with E-state index < -0.39 is 5.97 Å². The molecule has 0 spiro atoms. The molecule has 1 fully saturated rings. The lowest BCUT2D eigenvalue weighted by molar-refractivity contribution is -0.149. The summed E-state index contributed by atoms with van der Waals surface area (Å²) in [5.74, 6) is 0.129. The van der Waals surface area contributed by atoms with Crippen LogP contribution in [0.3, 0.4) is 0 Å². The van der Waals surface area contributed by atoms with E-state index in [-0.39, 0.29) is 24.9 Å². The number of nitrogens with zero attached hydrogens (tertiary/aromatic N) is 2. The van der Waals surface area contributed by atoms with E-state index in [2.05, 4.69) is 0 Å². The summed E-state index contributed by atoms with van der Waals surface area (Å²) in [6.07, 6.45) is 4.44. The average Bonchev–Trinajstić information content (AvgIpc) is 3.12. The van der Waals surface area contributed by atoms with Crippen LogP contribution < -0.4 is 9.47 Å². The number of amides is 1. The Hall–Kier alpha value is -3.01. The molecule has 0 aliphatic carbocycles. The third kappa shape index (κ3) is 4.10. The number of carbonyl (C=O) groups is 2. The maximum Gasteiger partial charge on any atom is 0.349 e. The number of benzene rings is 1. The summed E-state index contributed by atoms with van der Waals surface area (Å²) < 4.78 is 15.5. The molecule has 7 nitrogen and oxygen atoms in total. The van der Waals surface area contributed by atoms with E-state index in [1.165, 1.54) is 6.08 Å². The second kappa shape index (κ2) is 7.71. The molecule has 7 heteroatoms. The van der Waals surface area contributed by atoms with Gasteiger partial charge < -0.3 is 19.1 Å². The second-order valence-corrected chi connectivity index (χ2v) is 5.80. The lowest BCUT2D eigenvalue weighted by Gasteiger charge is -2.26. The summed E-state index contributed by atoms with van der Waals surface area (Å²) in [5, 5.41) is 9.19. The van der Waals surface area contributed by atoms with Crippen LogP contribution >= 0.6 is 0 Å². The maximum atomic E-state index is 12.1. The summed E-state index contributed by atoms with van der Waals surface area (Å²) in [5.41, 5.74) is 0.436. The molecular formula is C18H18N2O5. The Morgan fingerprint density at radius 2 is 1.96 bits per heavy atom. The van der Waals surface area contributed by atoms with E-state index in [9.17, 15) is 14.9 Å². The van der Waals surface area contributed by atoms with Crippen molar-refractivity contribution in [1.29, 1.82) is 5.26 Å². The van der Waals surface area contributed by atoms with Gasteiger partial charge in [-0.25, -0.2) is 4.79 Å². The monoisotopic (exact) mass is 342 g/mol. The van der Waals surface area contributed by atoms with Gasteiger partial charge in [-0.15, -0.1) is 0 Å². The largest absolute Gasteiger partial charge is 0.454 e. The van der Waals surface area contributed by atoms with Gasteiger partial charge in [-0.2, -0.15) is 5.26 Å². The van der Waals surface area contributed by atoms with Crippen molar-refractivity contribution in [3.05, 3.63) is 29.3 Å². The van der Waals surface area contributed by atoms with Crippen LogP contribution in [0.15, 0.2) is 23.8 Å². The first-order chi connectivity index (χ1) is 12.2. The van der Waals surface area contributed by atoms with Gasteiger partial charge in [-0.1, -0.05) is 6.07 Å². The Morgan fingerprint density at radius 1 is 1.20 bits per heavy atom. The average molecular weight is 342 g/mol. The third-order valence-corrected chi connectivity index (χ3v) is 4.08. The normalized spacial score (nSPS) is 16.3. The summed E-state index contributed by atoms with van der Waals surface area (Å²) >= 11 is 0. The first kappa shape index (κ1) is 16.8. The van der Waals surface area contributed by atoms with Crippen LogP contribution in [0, 0.1) is 11.3 Å². The van der Waals surface area contributed by atoms with E-state index >= 15 is 0 Å². The maximum absolute atomic E-state index is 12.1. The molecular weight excluding hydrogens is 324 g/mol. The molecule has 0 bridgehead atoms. The van der Waals surface area contributed by atoms with E-state index in [4.69, 9.17) is 14.2 Å². The molecule has 0 aromatic heterocycles. The molecule has 1 aromatic rings. The molecule has 0 radical (unpaired) electrons. The van der Waals surface area contributed by atoms with Gasteiger partial charge in [0, 0.05) is 13.1 Å². The van der Waals surface area contributed by atoms with Gasteiger partial charge in [0.05, 0.1) is 0 Å². The van der Waals surface area contributed by atoms with Crippen molar-refractivity contribution >= 4 is 18.0 Å². The molecule has 3 rings (SSSR count). The minimum atomic E-state index is -0.814. The molecule has 2 aliphatic rings. The van der Waals surface area contributed by atoms with Crippen LogP contribution in [0.2, 0.25) is 0 Å². The summed E-state index contributed by atoms with van der Waals surface area (Å²) in [7, 11) is 0. The Labute approximate surface area is 145 Å². The molecule has 1 amide bonds. The lowest BCUT2D eigenvalue weighted by atomic mass is 10.1.